The first kappa shape index (κ1) is 14.9. The molecule has 0 bridgehead atoms. The molecule has 0 fully saturated rings. The van der Waals surface area contributed by atoms with E-state index >= 15 is 0 Å². The lowest BCUT2D eigenvalue weighted by Gasteiger charge is -2.11. The van der Waals surface area contributed by atoms with Crippen molar-refractivity contribution in [2.75, 3.05) is 0 Å². The van der Waals surface area contributed by atoms with Gasteiger partial charge in [0.1, 0.15) is 5.82 Å². The van der Waals surface area contributed by atoms with Gasteiger partial charge >= 0.3 is 0 Å². The highest BCUT2D eigenvalue weighted by molar-refractivity contribution is 6.20. The Hall–Kier alpha value is -1.55. The zero-order valence-corrected chi connectivity index (χ0v) is 12.7. The van der Waals surface area contributed by atoms with Gasteiger partial charge in [0.05, 0.1) is 16.4 Å². The van der Waals surface area contributed by atoms with E-state index < -0.39 is 0 Å². The van der Waals surface area contributed by atoms with Crippen molar-refractivity contribution in [2.45, 2.75) is 45.0 Å². The maximum atomic E-state index is 10.8. The molecule has 2 rings (SSSR count). The summed E-state index contributed by atoms with van der Waals surface area (Å²) >= 11 is 6.24. The summed E-state index contributed by atoms with van der Waals surface area (Å²) in [6, 6.07) is 6.09. The van der Waals surface area contributed by atoms with Crippen molar-refractivity contribution < 1.29 is 4.79 Å². The first-order valence-corrected chi connectivity index (χ1v) is 7.32. The summed E-state index contributed by atoms with van der Waals surface area (Å²) in [6.45, 7) is 4.81. The zero-order valence-electron chi connectivity index (χ0n) is 11.9. The maximum absolute atomic E-state index is 10.8. The van der Waals surface area contributed by atoms with E-state index in [0.29, 0.717) is 6.42 Å². The molecule has 0 aliphatic heterocycles. The Balaban J connectivity index is 2.29. The fraction of sp³-hybridized carbons (Fsp3) is 0.467. The third-order valence-corrected chi connectivity index (χ3v) is 3.60. The highest BCUT2D eigenvalue weighted by Crippen LogP contribution is 2.27. The molecule has 0 saturated carbocycles. The fourth-order valence-corrected chi connectivity index (χ4v) is 2.65. The molecule has 108 valence electrons. The molecular weight excluding hydrogens is 274 g/mol. The first-order chi connectivity index (χ1) is 9.50. The van der Waals surface area contributed by atoms with E-state index in [2.05, 4.69) is 22.5 Å². The van der Waals surface area contributed by atoms with Crippen molar-refractivity contribution in [2.24, 2.45) is 5.73 Å². The number of unbranched alkanes of at least 4 members (excludes halogenated alkanes) is 1. The van der Waals surface area contributed by atoms with Gasteiger partial charge in [-0.2, -0.15) is 0 Å². The highest BCUT2D eigenvalue weighted by Gasteiger charge is 2.15. The Kier molecular flexibility index (Phi) is 4.65. The van der Waals surface area contributed by atoms with Crippen molar-refractivity contribution in [3.63, 3.8) is 0 Å². The van der Waals surface area contributed by atoms with Crippen LogP contribution in [0.2, 0.25) is 0 Å². The Morgan fingerprint density at radius 1 is 1.45 bits per heavy atom. The lowest BCUT2D eigenvalue weighted by atomic mass is 10.2. The number of fused-ring (bicyclic) bond motifs is 1. The molecule has 1 unspecified atom stereocenters. The minimum atomic E-state index is -0.248. The number of amides is 1. The van der Waals surface area contributed by atoms with Crippen molar-refractivity contribution in [3.8, 4) is 0 Å². The molecular formula is C15H20ClN3O. The summed E-state index contributed by atoms with van der Waals surface area (Å²) in [5.74, 6) is 0.637. The summed E-state index contributed by atoms with van der Waals surface area (Å²) in [4.78, 5) is 15.4. The van der Waals surface area contributed by atoms with Gasteiger partial charge < -0.3 is 10.3 Å². The molecule has 2 aromatic rings. The Labute approximate surface area is 123 Å². The maximum Gasteiger partial charge on any atom is 0.217 e. The average molecular weight is 294 g/mol. The number of nitrogens with zero attached hydrogens (tertiary/aromatic N) is 2. The highest BCUT2D eigenvalue weighted by atomic mass is 35.5. The number of para-hydroxylation sites is 1. The summed E-state index contributed by atoms with van der Waals surface area (Å²) in [5.41, 5.74) is 8.46. The fourth-order valence-electron chi connectivity index (χ4n) is 2.48. The van der Waals surface area contributed by atoms with Gasteiger partial charge in [-0.25, -0.2) is 4.98 Å². The first-order valence-electron chi connectivity index (χ1n) is 6.89. The van der Waals surface area contributed by atoms with Gasteiger partial charge in [0.2, 0.25) is 5.91 Å². The summed E-state index contributed by atoms with van der Waals surface area (Å²) in [7, 11) is 0. The molecule has 0 radical (unpaired) electrons. The normalized spacial score (nSPS) is 12.8. The zero-order chi connectivity index (χ0) is 14.7. The van der Waals surface area contributed by atoms with Crippen LogP contribution in [0.1, 0.15) is 43.0 Å². The molecule has 1 heterocycles. The van der Waals surface area contributed by atoms with E-state index in [0.717, 1.165) is 36.2 Å². The van der Waals surface area contributed by atoms with Gasteiger partial charge in [0, 0.05) is 13.0 Å². The van der Waals surface area contributed by atoms with Crippen LogP contribution in [0.3, 0.4) is 0 Å². The van der Waals surface area contributed by atoms with Gasteiger partial charge in [-0.1, -0.05) is 12.1 Å². The number of rotatable bonds is 6. The smallest absolute Gasteiger partial charge is 0.217 e. The van der Waals surface area contributed by atoms with Crippen LogP contribution in [-0.4, -0.2) is 15.5 Å². The molecule has 0 aliphatic rings. The van der Waals surface area contributed by atoms with E-state index in [1.807, 2.05) is 19.1 Å². The number of hydrogen-bond acceptors (Lipinski definition) is 2. The minimum Gasteiger partial charge on any atom is -0.370 e. The standard InChI is InChI=1S/C15H20ClN3O/c1-10-6-5-7-12-14(10)19(15(18-12)11(2)16)9-4-3-8-13(17)20/h5-7,11H,3-4,8-9H2,1-2H3,(H2,17,20). The number of halogens is 1. The van der Waals surface area contributed by atoms with Crippen molar-refractivity contribution in [1.82, 2.24) is 9.55 Å². The number of aryl methyl sites for hydroxylation is 2. The van der Waals surface area contributed by atoms with E-state index in [1.54, 1.807) is 0 Å². The van der Waals surface area contributed by atoms with Gasteiger partial charge in [-0.15, -0.1) is 11.6 Å². The van der Waals surface area contributed by atoms with Crippen LogP contribution in [0, 0.1) is 6.92 Å². The molecule has 1 atom stereocenters. The van der Waals surface area contributed by atoms with E-state index in [4.69, 9.17) is 17.3 Å². The number of primary amides is 1. The van der Waals surface area contributed by atoms with Gasteiger partial charge in [-0.3, -0.25) is 4.79 Å². The average Bonchev–Trinajstić information content (AvgIpc) is 2.75. The van der Waals surface area contributed by atoms with Crippen molar-refractivity contribution >= 4 is 28.5 Å². The lowest BCUT2D eigenvalue weighted by Crippen LogP contribution is -2.11. The predicted octanol–water partition coefficient (Wildman–Crippen LogP) is 3.30. The molecule has 2 N–H and O–H groups in total. The van der Waals surface area contributed by atoms with Crippen LogP contribution in [0.25, 0.3) is 11.0 Å². The SMILES string of the molecule is Cc1cccc2nc(C(C)Cl)n(CCCCC(N)=O)c12. The van der Waals surface area contributed by atoms with E-state index in [-0.39, 0.29) is 11.3 Å². The Bertz CT molecular complexity index is 619. The third-order valence-electron chi connectivity index (χ3n) is 3.41. The number of benzene rings is 1. The number of alkyl halides is 1. The number of hydrogen-bond donors (Lipinski definition) is 1. The van der Waals surface area contributed by atoms with Crippen LogP contribution in [0.15, 0.2) is 18.2 Å². The second-order valence-electron chi connectivity index (χ2n) is 5.10. The van der Waals surface area contributed by atoms with E-state index in [9.17, 15) is 4.79 Å². The topological polar surface area (TPSA) is 60.9 Å². The largest absolute Gasteiger partial charge is 0.370 e. The van der Waals surface area contributed by atoms with Crippen LogP contribution in [0.4, 0.5) is 0 Å². The molecule has 20 heavy (non-hydrogen) atoms. The van der Waals surface area contributed by atoms with Crippen LogP contribution >= 0.6 is 11.6 Å². The molecule has 0 saturated heterocycles. The second-order valence-corrected chi connectivity index (χ2v) is 5.76. The number of imidazole rings is 1. The molecule has 0 spiro atoms. The van der Waals surface area contributed by atoms with Gasteiger partial charge in [0.15, 0.2) is 0 Å². The summed E-state index contributed by atoms with van der Waals surface area (Å²) in [6.07, 6.45) is 2.10. The number of nitrogens with two attached hydrogens (primary N) is 1. The summed E-state index contributed by atoms with van der Waals surface area (Å²) < 4.78 is 2.17. The minimum absolute atomic E-state index is 0.141. The quantitative estimate of drug-likeness (QED) is 0.656. The van der Waals surface area contributed by atoms with Crippen LogP contribution in [-0.2, 0) is 11.3 Å². The van der Waals surface area contributed by atoms with Crippen molar-refractivity contribution in [3.05, 3.63) is 29.6 Å². The monoisotopic (exact) mass is 293 g/mol. The molecule has 0 aliphatic carbocycles. The van der Waals surface area contributed by atoms with Gasteiger partial charge in [-0.05, 0) is 38.3 Å². The van der Waals surface area contributed by atoms with Gasteiger partial charge in [0.25, 0.3) is 0 Å². The number of carbonyl (C=O) groups excluding carboxylic acids is 1. The molecule has 1 aromatic heterocycles. The molecule has 1 aromatic carbocycles. The summed E-state index contributed by atoms with van der Waals surface area (Å²) in [5, 5.41) is -0.141. The lowest BCUT2D eigenvalue weighted by molar-refractivity contribution is -0.118. The van der Waals surface area contributed by atoms with Crippen LogP contribution < -0.4 is 5.73 Å². The third kappa shape index (κ3) is 3.12. The Morgan fingerprint density at radius 3 is 2.85 bits per heavy atom. The van der Waals surface area contributed by atoms with E-state index in [1.165, 1.54) is 5.56 Å². The molecule has 1 amide bonds. The predicted molar refractivity (Wildman–Crippen MR) is 81.8 cm³/mol. The second kappa shape index (κ2) is 6.27. The molecule has 5 heteroatoms. The number of aromatic nitrogens is 2. The van der Waals surface area contributed by atoms with Crippen molar-refractivity contribution in [1.29, 1.82) is 0 Å². The Morgan fingerprint density at radius 2 is 2.20 bits per heavy atom. The number of carbonyl (C=O) groups is 1. The van der Waals surface area contributed by atoms with Crippen LogP contribution in [0.5, 0.6) is 0 Å². The molecule has 4 nitrogen and oxygen atoms in total.